The number of halogens is 1. The van der Waals surface area contributed by atoms with Gasteiger partial charge in [-0.2, -0.15) is 0 Å². The second kappa shape index (κ2) is 4.34. The number of alkyl halides is 1. The minimum Gasteiger partial charge on any atom is -0.395 e. The fourth-order valence-corrected chi connectivity index (χ4v) is 2.58. The third-order valence-corrected chi connectivity index (χ3v) is 3.89. The summed E-state index contributed by atoms with van der Waals surface area (Å²) in [7, 11) is -2.91. The molecule has 0 aromatic rings. The van der Waals surface area contributed by atoms with Crippen LogP contribution in [0.15, 0.2) is 0 Å². The first-order valence-electron chi connectivity index (χ1n) is 4.20. The lowest BCUT2D eigenvalue weighted by molar-refractivity contribution is 0.109. The van der Waals surface area contributed by atoms with Crippen LogP contribution >= 0.6 is 0 Å². The molecule has 0 aromatic heterocycles. The SMILES string of the molecule is O=S1(=O)CCN([C@@H](CO)CF)CC1. The quantitative estimate of drug-likeness (QED) is 0.653. The summed E-state index contributed by atoms with van der Waals surface area (Å²) in [6, 6.07) is -0.532. The highest BCUT2D eigenvalue weighted by Crippen LogP contribution is 2.08. The van der Waals surface area contributed by atoms with Gasteiger partial charge in [-0.05, 0) is 0 Å². The Hall–Kier alpha value is -0.200. The lowest BCUT2D eigenvalue weighted by Gasteiger charge is -2.31. The minimum absolute atomic E-state index is 0.0729. The predicted molar refractivity (Wildman–Crippen MR) is 47.1 cm³/mol. The number of hydrogen-bond donors (Lipinski definition) is 1. The number of aliphatic hydroxyl groups excluding tert-OH is 1. The number of rotatable bonds is 3. The largest absolute Gasteiger partial charge is 0.395 e. The van der Waals surface area contributed by atoms with Crippen LogP contribution in [0.25, 0.3) is 0 Å². The van der Waals surface area contributed by atoms with Crippen molar-refractivity contribution in [1.82, 2.24) is 4.90 Å². The Morgan fingerprint density at radius 3 is 2.31 bits per heavy atom. The summed E-state index contributed by atoms with van der Waals surface area (Å²) in [5, 5.41) is 8.78. The van der Waals surface area contributed by atoms with E-state index >= 15 is 0 Å². The molecule has 1 aliphatic rings. The van der Waals surface area contributed by atoms with Crippen molar-refractivity contribution < 1.29 is 17.9 Å². The van der Waals surface area contributed by atoms with Crippen LogP contribution in [-0.2, 0) is 9.84 Å². The normalized spacial score (nSPS) is 25.7. The van der Waals surface area contributed by atoms with Crippen molar-refractivity contribution in [2.24, 2.45) is 0 Å². The number of aliphatic hydroxyl groups is 1. The second-order valence-corrected chi connectivity index (χ2v) is 5.48. The van der Waals surface area contributed by atoms with Crippen molar-refractivity contribution >= 4 is 9.84 Å². The van der Waals surface area contributed by atoms with Gasteiger partial charge in [0, 0.05) is 13.1 Å². The van der Waals surface area contributed by atoms with Crippen molar-refractivity contribution in [3.05, 3.63) is 0 Å². The molecule has 1 fully saturated rings. The number of nitrogens with zero attached hydrogens (tertiary/aromatic N) is 1. The van der Waals surface area contributed by atoms with Crippen molar-refractivity contribution in [2.45, 2.75) is 6.04 Å². The van der Waals surface area contributed by atoms with Crippen molar-refractivity contribution in [1.29, 1.82) is 0 Å². The lowest BCUT2D eigenvalue weighted by atomic mass is 10.3. The molecule has 1 N–H and O–H groups in total. The summed E-state index contributed by atoms with van der Waals surface area (Å²) < 4.78 is 34.3. The second-order valence-electron chi connectivity index (χ2n) is 3.18. The molecule has 1 aliphatic heterocycles. The van der Waals surface area contributed by atoms with E-state index in [9.17, 15) is 12.8 Å². The molecular weight excluding hydrogens is 197 g/mol. The Balaban J connectivity index is 2.49. The summed E-state index contributed by atoms with van der Waals surface area (Å²) in [5.74, 6) is 0.146. The van der Waals surface area contributed by atoms with Gasteiger partial charge in [0.1, 0.15) is 6.67 Å². The van der Waals surface area contributed by atoms with Gasteiger partial charge in [-0.15, -0.1) is 0 Å². The van der Waals surface area contributed by atoms with E-state index in [1.54, 1.807) is 4.90 Å². The Bertz CT molecular complexity index is 236. The topological polar surface area (TPSA) is 57.6 Å². The Labute approximate surface area is 77.3 Å². The molecule has 0 unspecified atom stereocenters. The predicted octanol–water partition coefficient (Wildman–Crippen LogP) is -0.953. The van der Waals surface area contributed by atoms with Gasteiger partial charge >= 0.3 is 0 Å². The van der Waals surface area contributed by atoms with E-state index in [2.05, 4.69) is 0 Å². The molecular formula is C7H14FNO3S. The summed E-state index contributed by atoms with van der Waals surface area (Å²) in [5.41, 5.74) is 0. The summed E-state index contributed by atoms with van der Waals surface area (Å²) in [6.45, 7) is -0.220. The third-order valence-electron chi connectivity index (χ3n) is 2.28. The van der Waals surface area contributed by atoms with E-state index in [1.165, 1.54) is 0 Å². The van der Waals surface area contributed by atoms with Crippen LogP contribution in [0.1, 0.15) is 0 Å². The maximum atomic E-state index is 12.3. The molecule has 0 aromatic carbocycles. The molecule has 0 saturated carbocycles. The van der Waals surface area contributed by atoms with Crippen molar-refractivity contribution in [3.63, 3.8) is 0 Å². The fraction of sp³-hybridized carbons (Fsp3) is 1.00. The van der Waals surface area contributed by atoms with Crippen LogP contribution in [0, 0.1) is 0 Å². The number of sulfone groups is 1. The first kappa shape index (κ1) is 10.9. The zero-order valence-electron chi connectivity index (χ0n) is 7.32. The van der Waals surface area contributed by atoms with Gasteiger partial charge in [-0.25, -0.2) is 12.8 Å². The summed E-state index contributed by atoms with van der Waals surface area (Å²) in [6.07, 6.45) is 0. The average molecular weight is 211 g/mol. The van der Waals surface area contributed by atoms with Gasteiger partial charge in [0.2, 0.25) is 0 Å². The van der Waals surface area contributed by atoms with Crippen LogP contribution in [0.2, 0.25) is 0 Å². The average Bonchev–Trinajstić information content (AvgIpc) is 2.09. The van der Waals surface area contributed by atoms with E-state index in [0.29, 0.717) is 13.1 Å². The van der Waals surface area contributed by atoms with Crippen molar-refractivity contribution in [2.75, 3.05) is 37.9 Å². The standard InChI is InChI=1S/C7H14FNO3S/c8-5-7(6-10)9-1-3-13(11,12)4-2-9/h7,10H,1-6H2/t7-/m1/s1. The highest BCUT2D eigenvalue weighted by Gasteiger charge is 2.26. The molecule has 1 atom stereocenters. The molecule has 6 heteroatoms. The van der Waals surface area contributed by atoms with Gasteiger partial charge < -0.3 is 5.11 Å². The summed E-state index contributed by atoms with van der Waals surface area (Å²) in [4.78, 5) is 1.68. The fourth-order valence-electron chi connectivity index (χ4n) is 1.35. The molecule has 0 aliphatic carbocycles. The van der Waals surface area contributed by atoms with E-state index in [-0.39, 0.29) is 18.1 Å². The van der Waals surface area contributed by atoms with Crippen LogP contribution in [-0.4, -0.2) is 62.3 Å². The van der Waals surface area contributed by atoms with Crippen LogP contribution in [0.3, 0.4) is 0 Å². The first-order valence-corrected chi connectivity index (χ1v) is 6.02. The Morgan fingerprint density at radius 1 is 1.38 bits per heavy atom. The van der Waals surface area contributed by atoms with Gasteiger partial charge in [0.05, 0.1) is 24.2 Å². The molecule has 4 nitrogen and oxygen atoms in total. The van der Waals surface area contributed by atoms with Gasteiger partial charge in [-0.1, -0.05) is 0 Å². The molecule has 1 saturated heterocycles. The molecule has 0 amide bonds. The monoisotopic (exact) mass is 211 g/mol. The Morgan fingerprint density at radius 2 is 1.92 bits per heavy atom. The van der Waals surface area contributed by atoms with Gasteiger partial charge in [0.15, 0.2) is 9.84 Å². The van der Waals surface area contributed by atoms with Gasteiger partial charge in [-0.3, -0.25) is 4.90 Å². The summed E-state index contributed by atoms with van der Waals surface area (Å²) >= 11 is 0. The van der Waals surface area contributed by atoms with E-state index in [1.807, 2.05) is 0 Å². The molecule has 1 rings (SSSR count). The first-order chi connectivity index (χ1) is 6.09. The van der Waals surface area contributed by atoms with E-state index in [4.69, 9.17) is 5.11 Å². The van der Waals surface area contributed by atoms with Crippen LogP contribution in [0.4, 0.5) is 4.39 Å². The maximum Gasteiger partial charge on any atom is 0.152 e. The van der Waals surface area contributed by atoms with Crippen LogP contribution < -0.4 is 0 Å². The van der Waals surface area contributed by atoms with E-state index < -0.39 is 22.6 Å². The lowest BCUT2D eigenvalue weighted by Crippen LogP contribution is -2.48. The molecule has 0 bridgehead atoms. The van der Waals surface area contributed by atoms with Gasteiger partial charge in [0.25, 0.3) is 0 Å². The molecule has 13 heavy (non-hydrogen) atoms. The zero-order valence-corrected chi connectivity index (χ0v) is 8.13. The number of hydrogen-bond acceptors (Lipinski definition) is 4. The Kier molecular flexibility index (Phi) is 3.63. The highest BCUT2D eigenvalue weighted by molar-refractivity contribution is 7.91. The van der Waals surface area contributed by atoms with E-state index in [0.717, 1.165) is 0 Å². The molecule has 0 spiro atoms. The minimum atomic E-state index is -2.91. The maximum absolute atomic E-state index is 12.3. The smallest absolute Gasteiger partial charge is 0.152 e. The molecule has 78 valence electrons. The van der Waals surface area contributed by atoms with Crippen LogP contribution in [0.5, 0.6) is 0 Å². The molecule has 1 heterocycles. The van der Waals surface area contributed by atoms with Crippen molar-refractivity contribution in [3.8, 4) is 0 Å². The highest BCUT2D eigenvalue weighted by atomic mass is 32.2. The third kappa shape index (κ3) is 2.89. The molecule has 0 radical (unpaired) electrons. The zero-order chi connectivity index (χ0) is 9.90.